The van der Waals surface area contributed by atoms with Crippen LogP contribution < -0.4 is 17.2 Å². The maximum atomic E-state index is 5.30. The fourth-order valence-corrected chi connectivity index (χ4v) is 0.941. The Morgan fingerprint density at radius 2 is 1.17 bits per heavy atom. The van der Waals surface area contributed by atoms with Crippen molar-refractivity contribution in [3.05, 3.63) is 0 Å². The van der Waals surface area contributed by atoms with Crippen molar-refractivity contribution in [1.29, 1.82) is 0 Å². The second-order valence-electron chi connectivity index (χ2n) is 3.73. The number of rotatable bonds is 11. The third kappa shape index (κ3) is 21.1. The molecule has 0 radical (unpaired) electrons. The van der Waals surface area contributed by atoms with E-state index in [4.69, 9.17) is 31.4 Å². The summed E-state index contributed by atoms with van der Waals surface area (Å²) in [6, 6.07) is 0. The molecule has 0 unspecified atom stereocenters. The zero-order valence-corrected chi connectivity index (χ0v) is 11.9. The van der Waals surface area contributed by atoms with Gasteiger partial charge >= 0.3 is 0 Å². The lowest BCUT2D eigenvalue weighted by Gasteiger charge is -2.13. The Kier molecular flexibility index (Phi) is 21.3. The first-order valence-corrected chi connectivity index (χ1v) is 6.55. The Hall–Kier alpha value is -0.240. The Labute approximate surface area is 111 Å². The van der Waals surface area contributed by atoms with Gasteiger partial charge in [0, 0.05) is 13.7 Å². The molecular formula is C12H31N3O3. The molecule has 18 heavy (non-hydrogen) atoms. The highest BCUT2D eigenvalue weighted by atomic mass is 16.7. The Bertz CT molecular complexity index is 126. The first-order valence-electron chi connectivity index (χ1n) is 6.55. The molecule has 0 aliphatic carbocycles. The van der Waals surface area contributed by atoms with Gasteiger partial charge in [0.05, 0.1) is 13.2 Å². The van der Waals surface area contributed by atoms with E-state index in [0.717, 1.165) is 32.4 Å². The van der Waals surface area contributed by atoms with E-state index < -0.39 is 0 Å². The van der Waals surface area contributed by atoms with Crippen LogP contribution in [0, 0.1) is 0 Å². The maximum absolute atomic E-state index is 5.30. The first kappa shape index (κ1) is 20.1. The molecule has 6 heteroatoms. The van der Waals surface area contributed by atoms with Gasteiger partial charge in [0.25, 0.3) is 0 Å². The van der Waals surface area contributed by atoms with Crippen molar-refractivity contribution in [2.45, 2.75) is 32.5 Å². The van der Waals surface area contributed by atoms with Crippen molar-refractivity contribution in [3.63, 3.8) is 0 Å². The van der Waals surface area contributed by atoms with Gasteiger partial charge in [-0.05, 0) is 45.8 Å². The van der Waals surface area contributed by atoms with Gasteiger partial charge in [-0.3, -0.25) is 0 Å². The van der Waals surface area contributed by atoms with E-state index in [0.29, 0.717) is 26.3 Å². The van der Waals surface area contributed by atoms with Crippen LogP contribution in [0.5, 0.6) is 0 Å². The van der Waals surface area contributed by atoms with Gasteiger partial charge in [-0.2, -0.15) is 0 Å². The van der Waals surface area contributed by atoms with Crippen molar-refractivity contribution in [2.24, 2.45) is 17.2 Å². The molecule has 6 N–H and O–H groups in total. The fourth-order valence-electron chi connectivity index (χ4n) is 0.941. The minimum absolute atomic E-state index is 0.136. The molecule has 0 rings (SSSR count). The summed E-state index contributed by atoms with van der Waals surface area (Å²) >= 11 is 0. The van der Waals surface area contributed by atoms with Crippen LogP contribution in [-0.4, -0.2) is 52.9 Å². The van der Waals surface area contributed by atoms with Crippen LogP contribution in [-0.2, 0) is 14.2 Å². The van der Waals surface area contributed by atoms with Gasteiger partial charge < -0.3 is 31.4 Å². The standard InChI is InChI=1S/C8H20N2O2.C4H11NO/c1-8(11-6-2-4-9)12-7-3-5-10;1-6-4-2-3-5/h8H,2-7,9-10H2,1H3;2-5H2,1H3. The molecule has 0 aliphatic heterocycles. The van der Waals surface area contributed by atoms with Crippen LogP contribution in [0.2, 0.25) is 0 Å². The lowest BCUT2D eigenvalue weighted by molar-refractivity contribution is -0.130. The van der Waals surface area contributed by atoms with E-state index in [1.807, 2.05) is 6.92 Å². The second kappa shape index (κ2) is 19.1. The smallest absolute Gasteiger partial charge is 0.154 e. The highest BCUT2D eigenvalue weighted by Crippen LogP contribution is 1.95. The molecule has 0 heterocycles. The van der Waals surface area contributed by atoms with Gasteiger partial charge in [0.15, 0.2) is 6.29 Å². The van der Waals surface area contributed by atoms with Crippen molar-refractivity contribution in [1.82, 2.24) is 0 Å². The molecule has 0 aromatic rings. The molecule has 0 spiro atoms. The zero-order chi connectivity index (χ0) is 14.1. The summed E-state index contributed by atoms with van der Waals surface area (Å²) in [6.07, 6.45) is 2.59. The summed E-state index contributed by atoms with van der Waals surface area (Å²) in [7, 11) is 1.68. The largest absolute Gasteiger partial charge is 0.385 e. The summed E-state index contributed by atoms with van der Waals surface area (Å²) in [6.45, 7) is 6.06. The van der Waals surface area contributed by atoms with E-state index in [1.54, 1.807) is 7.11 Å². The molecule has 0 aliphatic rings. The predicted octanol–water partition coefficient (Wildman–Crippen LogP) is 0.0448. The summed E-state index contributed by atoms with van der Waals surface area (Å²) < 4.78 is 15.3. The average Bonchev–Trinajstić information content (AvgIpc) is 2.38. The molecular weight excluding hydrogens is 234 g/mol. The lowest BCUT2D eigenvalue weighted by Crippen LogP contribution is -2.17. The lowest BCUT2D eigenvalue weighted by atomic mass is 10.4. The van der Waals surface area contributed by atoms with Crippen LogP contribution >= 0.6 is 0 Å². The molecule has 112 valence electrons. The third-order valence-electron chi connectivity index (χ3n) is 1.95. The van der Waals surface area contributed by atoms with Crippen LogP contribution in [0.3, 0.4) is 0 Å². The monoisotopic (exact) mass is 265 g/mol. The fraction of sp³-hybridized carbons (Fsp3) is 1.00. The van der Waals surface area contributed by atoms with Gasteiger partial charge in [-0.15, -0.1) is 0 Å². The van der Waals surface area contributed by atoms with Crippen molar-refractivity contribution >= 4 is 0 Å². The summed E-state index contributed by atoms with van der Waals surface area (Å²) in [5.74, 6) is 0. The molecule has 0 saturated carbocycles. The Balaban J connectivity index is 0. The summed E-state index contributed by atoms with van der Waals surface area (Å²) in [5, 5.41) is 0. The number of methoxy groups -OCH3 is 1. The summed E-state index contributed by atoms with van der Waals surface area (Å²) in [5.41, 5.74) is 15.7. The quantitative estimate of drug-likeness (QED) is 0.360. The topological polar surface area (TPSA) is 106 Å². The molecule has 0 saturated heterocycles. The molecule has 0 aromatic heterocycles. The molecule has 0 fully saturated rings. The van der Waals surface area contributed by atoms with Gasteiger partial charge in [0.2, 0.25) is 0 Å². The molecule has 0 aromatic carbocycles. The minimum Gasteiger partial charge on any atom is -0.385 e. The Morgan fingerprint density at radius 1 is 0.778 bits per heavy atom. The average molecular weight is 265 g/mol. The van der Waals surface area contributed by atoms with E-state index in [9.17, 15) is 0 Å². The van der Waals surface area contributed by atoms with Crippen LogP contribution in [0.4, 0.5) is 0 Å². The van der Waals surface area contributed by atoms with Crippen molar-refractivity contribution in [2.75, 3.05) is 46.6 Å². The van der Waals surface area contributed by atoms with E-state index in [2.05, 4.69) is 0 Å². The van der Waals surface area contributed by atoms with Crippen molar-refractivity contribution in [3.8, 4) is 0 Å². The molecule has 0 amide bonds. The minimum atomic E-state index is -0.136. The van der Waals surface area contributed by atoms with Gasteiger partial charge in [0.1, 0.15) is 0 Å². The highest BCUT2D eigenvalue weighted by molar-refractivity contribution is 4.40. The Morgan fingerprint density at radius 3 is 1.44 bits per heavy atom. The zero-order valence-electron chi connectivity index (χ0n) is 11.9. The molecule has 0 atom stereocenters. The van der Waals surface area contributed by atoms with E-state index in [-0.39, 0.29) is 6.29 Å². The van der Waals surface area contributed by atoms with Crippen LogP contribution in [0.15, 0.2) is 0 Å². The van der Waals surface area contributed by atoms with E-state index >= 15 is 0 Å². The maximum Gasteiger partial charge on any atom is 0.154 e. The number of hydrogen-bond donors (Lipinski definition) is 3. The number of nitrogens with two attached hydrogens (primary N) is 3. The van der Waals surface area contributed by atoms with Crippen LogP contribution in [0.1, 0.15) is 26.2 Å². The normalized spacial score (nSPS) is 10.3. The first-order chi connectivity index (χ1) is 8.72. The molecule has 6 nitrogen and oxygen atoms in total. The SMILES string of the molecule is CC(OCCCN)OCCCN.COCCCN. The molecule has 0 bridgehead atoms. The number of ether oxygens (including phenoxy) is 3. The van der Waals surface area contributed by atoms with Gasteiger partial charge in [-0.1, -0.05) is 0 Å². The number of hydrogen-bond acceptors (Lipinski definition) is 6. The van der Waals surface area contributed by atoms with Crippen molar-refractivity contribution < 1.29 is 14.2 Å². The highest BCUT2D eigenvalue weighted by Gasteiger charge is 1.99. The van der Waals surface area contributed by atoms with Gasteiger partial charge in [-0.25, -0.2) is 0 Å². The predicted molar refractivity (Wildman–Crippen MR) is 74.3 cm³/mol. The third-order valence-corrected chi connectivity index (χ3v) is 1.95. The summed E-state index contributed by atoms with van der Waals surface area (Å²) in [4.78, 5) is 0. The van der Waals surface area contributed by atoms with E-state index in [1.165, 1.54) is 0 Å². The second-order valence-corrected chi connectivity index (χ2v) is 3.73. The van der Waals surface area contributed by atoms with Crippen LogP contribution in [0.25, 0.3) is 0 Å².